The van der Waals surface area contributed by atoms with Gasteiger partial charge in [0.25, 0.3) is 0 Å². The third-order valence-electron chi connectivity index (χ3n) is 5.09. The molecule has 2 saturated carbocycles. The largest absolute Gasteiger partial charge is 0.387 e. The molecule has 0 radical (unpaired) electrons. The fourth-order valence-electron chi connectivity index (χ4n) is 4.04. The van der Waals surface area contributed by atoms with Gasteiger partial charge in [-0.3, -0.25) is 0 Å². The highest BCUT2D eigenvalue weighted by Gasteiger charge is 2.55. The second-order valence-electron chi connectivity index (χ2n) is 6.14. The van der Waals surface area contributed by atoms with Crippen LogP contribution in [0.2, 0.25) is 0 Å². The Hall–Kier alpha value is -0.850. The lowest BCUT2D eigenvalue weighted by molar-refractivity contribution is 0.0233. The first kappa shape index (κ1) is 13.1. The van der Waals surface area contributed by atoms with E-state index in [0.717, 1.165) is 34.9 Å². The summed E-state index contributed by atoms with van der Waals surface area (Å²) in [5.74, 6) is 1.03. The smallest absolute Gasteiger partial charge is 0.0979 e. The standard InChI is InChI=1S/C16H18BrNO/c1-10-6-12(3-5-14(10)17)15(19)16(9-18)8-11-2-4-13(16)7-11/h3,5-6,11,13,15,19H,2,4,7-8H2,1H3. The van der Waals surface area contributed by atoms with Gasteiger partial charge in [-0.15, -0.1) is 0 Å². The number of nitriles is 1. The Morgan fingerprint density at radius 2 is 2.26 bits per heavy atom. The van der Waals surface area contributed by atoms with Crippen LogP contribution in [0.4, 0.5) is 0 Å². The Morgan fingerprint density at radius 1 is 1.47 bits per heavy atom. The van der Waals surface area contributed by atoms with Gasteiger partial charge in [-0.2, -0.15) is 5.26 Å². The maximum atomic E-state index is 10.8. The van der Waals surface area contributed by atoms with Crippen molar-refractivity contribution in [1.29, 1.82) is 5.26 Å². The Balaban J connectivity index is 1.96. The minimum atomic E-state index is -0.653. The molecule has 0 heterocycles. The molecular weight excluding hydrogens is 302 g/mol. The summed E-state index contributed by atoms with van der Waals surface area (Å²) < 4.78 is 1.04. The van der Waals surface area contributed by atoms with Crippen molar-refractivity contribution < 1.29 is 5.11 Å². The molecule has 2 fully saturated rings. The summed E-state index contributed by atoms with van der Waals surface area (Å²) in [6, 6.07) is 8.38. The van der Waals surface area contributed by atoms with Gasteiger partial charge < -0.3 is 5.11 Å². The number of hydrogen-bond acceptors (Lipinski definition) is 2. The topological polar surface area (TPSA) is 44.0 Å². The zero-order chi connectivity index (χ0) is 13.6. The van der Waals surface area contributed by atoms with Crippen molar-refractivity contribution in [3.63, 3.8) is 0 Å². The van der Waals surface area contributed by atoms with Crippen molar-refractivity contribution in [3.8, 4) is 6.07 Å². The first-order valence-corrected chi connectivity index (χ1v) is 7.71. The normalized spacial score (nSPS) is 34.2. The summed E-state index contributed by atoms with van der Waals surface area (Å²) >= 11 is 3.48. The van der Waals surface area contributed by atoms with E-state index < -0.39 is 11.5 Å². The molecule has 4 unspecified atom stereocenters. The van der Waals surface area contributed by atoms with Crippen LogP contribution >= 0.6 is 15.9 Å². The Labute approximate surface area is 122 Å². The van der Waals surface area contributed by atoms with Crippen LogP contribution in [0, 0.1) is 35.5 Å². The van der Waals surface area contributed by atoms with Crippen molar-refractivity contribution in [2.75, 3.05) is 0 Å². The highest BCUT2D eigenvalue weighted by atomic mass is 79.9. The average Bonchev–Trinajstić information content (AvgIpc) is 3.02. The number of fused-ring (bicyclic) bond motifs is 2. The molecule has 3 heteroatoms. The maximum Gasteiger partial charge on any atom is 0.0979 e. The number of hydrogen-bond donors (Lipinski definition) is 1. The summed E-state index contributed by atoms with van der Waals surface area (Å²) in [5.41, 5.74) is 1.44. The van der Waals surface area contributed by atoms with Gasteiger partial charge in [0.15, 0.2) is 0 Å². The van der Waals surface area contributed by atoms with Gasteiger partial charge in [-0.25, -0.2) is 0 Å². The molecule has 19 heavy (non-hydrogen) atoms. The van der Waals surface area contributed by atoms with Crippen molar-refractivity contribution >= 4 is 15.9 Å². The van der Waals surface area contributed by atoms with Gasteiger partial charge in [-0.1, -0.05) is 34.5 Å². The van der Waals surface area contributed by atoms with Gasteiger partial charge in [0.05, 0.1) is 17.6 Å². The fraction of sp³-hybridized carbons (Fsp3) is 0.562. The Morgan fingerprint density at radius 3 is 2.79 bits per heavy atom. The zero-order valence-corrected chi connectivity index (χ0v) is 12.7. The number of benzene rings is 1. The van der Waals surface area contributed by atoms with Crippen molar-refractivity contribution in [3.05, 3.63) is 33.8 Å². The predicted molar refractivity (Wildman–Crippen MR) is 77.3 cm³/mol. The molecule has 0 saturated heterocycles. The second kappa shape index (κ2) is 4.61. The minimum absolute atomic E-state index is 0.376. The lowest BCUT2D eigenvalue weighted by atomic mass is 9.68. The maximum absolute atomic E-state index is 10.8. The van der Waals surface area contributed by atoms with E-state index in [1.807, 2.05) is 25.1 Å². The second-order valence-corrected chi connectivity index (χ2v) is 7.00. The van der Waals surface area contributed by atoms with Gasteiger partial charge in [0.2, 0.25) is 0 Å². The highest BCUT2D eigenvalue weighted by Crippen LogP contribution is 2.60. The van der Waals surface area contributed by atoms with Gasteiger partial charge in [0, 0.05) is 4.47 Å². The molecule has 4 atom stereocenters. The van der Waals surface area contributed by atoms with Crippen molar-refractivity contribution in [2.24, 2.45) is 17.3 Å². The number of aliphatic hydroxyl groups is 1. The number of aryl methyl sites for hydroxylation is 1. The third kappa shape index (κ3) is 1.93. The van der Waals surface area contributed by atoms with Crippen LogP contribution < -0.4 is 0 Å². The molecule has 2 aliphatic rings. The molecule has 2 nitrogen and oxygen atoms in total. The molecule has 100 valence electrons. The van der Waals surface area contributed by atoms with Crippen LogP contribution in [0.15, 0.2) is 22.7 Å². The van der Waals surface area contributed by atoms with Crippen LogP contribution in [-0.2, 0) is 0 Å². The number of halogens is 1. The van der Waals surface area contributed by atoms with E-state index in [1.54, 1.807) is 0 Å². The lowest BCUT2D eigenvalue weighted by Crippen LogP contribution is -2.33. The van der Waals surface area contributed by atoms with Crippen LogP contribution in [0.5, 0.6) is 0 Å². The molecule has 3 rings (SSSR count). The van der Waals surface area contributed by atoms with Crippen LogP contribution in [-0.4, -0.2) is 5.11 Å². The van der Waals surface area contributed by atoms with Crippen LogP contribution in [0.3, 0.4) is 0 Å². The number of rotatable bonds is 2. The average molecular weight is 320 g/mol. The highest BCUT2D eigenvalue weighted by molar-refractivity contribution is 9.10. The number of aliphatic hydroxyl groups excluding tert-OH is 1. The van der Waals surface area contributed by atoms with Crippen molar-refractivity contribution in [2.45, 2.75) is 38.7 Å². The van der Waals surface area contributed by atoms with E-state index in [0.29, 0.717) is 11.8 Å². The quantitative estimate of drug-likeness (QED) is 0.891. The van der Waals surface area contributed by atoms with E-state index in [9.17, 15) is 10.4 Å². The monoisotopic (exact) mass is 319 g/mol. The molecule has 1 N–H and O–H groups in total. The molecule has 1 aromatic carbocycles. The minimum Gasteiger partial charge on any atom is -0.387 e. The Bertz CT molecular complexity index is 550. The summed E-state index contributed by atoms with van der Waals surface area (Å²) in [5, 5.41) is 20.4. The number of nitrogens with zero attached hydrogens (tertiary/aromatic N) is 1. The van der Waals surface area contributed by atoms with Gasteiger partial charge >= 0.3 is 0 Å². The van der Waals surface area contributed by atoms with E-state index in [2.05, 4.69) is 22.0 Å². The predicted octanol–water partition coefficient (Wildman–Crippen LogP) is 4.12. The zero-order valence-electron chi connectivity index (χ0n) is 11.1. The summed E-state index contributed by atoms with van der Waals surface area (Å²) in [4.78, 5) is 0. The molecule has 0 aliphatic heterocycles. The van der Waals surface area contributed by atoms with Crippen LogP contribution in [0.1, 0.15) is 42.9 Å². The van der Waals surface area contributed by atoms with E-state index in [-0.39, 0.29) is 0 Å². The molecular formula is C16H18BrNO. The van der Waals surface area contributed by atoms with E-state index >= 15 is 0 Å². The van der Waals surface area contributed by atoms with Crippen molar-refractivity contribution in [1.82, 2.24) is 0 Å². The fourth-order valence-corrected chi connectivity index (χ4v) is 4.29. The molecule has 0 spiro atoms. The Kier molecular flexibility index (Phi) is 3.19. The van der Waals surface area contributed by atoms with E-state index in [1.165, 1.54) is 6.42 Å². The summed E-state index contributed by atoms with van der Waals surface area (Å²) in [6.45, 7) is 2.01. The molecule has 0 amide bonds. The molecule has 1 aromatic rings. The molecule has 0 aromatic heterocycles. The first-order valence-electron chi connectivity index (χ1n) is 6.92. The van der Waals surface area contributed by atoms with Gasteiger partial charge in [-0.05, 0) is 55.2 Å². The summed E-state index contributed by atoms with van der Waals surface area (Å²) in [6.07, 6.45) is 3.68. The molecule has 2 bridgehead atoms. The van der Waals surface area contributed by atoms with Crippen LogP contribution in [0.25, 0.3) is 0 Å². The molecule has 2 aliphatic carbocycles. The van der Waals surface area contributed by atoms with Gasteiger partial charge in [0.1, 0.15) is 0 Å². The lowest BCUT2D eigenvalue weighted by Gasteiger charge is -2.35. The third-order valence-corrected chi connectivity index (χ3v) is 5.98. The van der Waals surface area contributed by atoms with E-state index in [4.69, 9.17) is 0 Å². The first-order chi connectivity index (χ1) is 9.06. The SMILES string of the molecule is Cc1cc(C(O)C2(C#N)CC3CCC2C3)ccc1Br. The summed E-state index contributed by atoms with van der Waals surface area (Å²) in [7, 11) is 0.